The fraction of sp³-hybridized carbons (Fsp3) is 0.455. The van der Waals surface area contributed by atoms with E-state index in [1.54, 1.807) is 0 Å². The van der Waals surface area contributed by atoms with Gasteiger partial charge in [-0.15, -0.1) is 0 Å². The molecule has 1 aliphatic carbocycles. The van der Waals surface area contributed by atoms with Gasteiger partial charge in [-0.25, -0.2) is 9.78 Å². The minimum absolute atomic E-state index is 0.0101. The number of nitrogens with one attached hydrogen (secondary N) is 1. The first-order chi connectivity index (χ1) is 8.97. The molecule has 0 radical (unpaired) electrons. The summed E-state index contributed by atoms with van der Waals surface area (Å²) >= 11 is 3.52. The van der Waals surface area contributed by atoms with E-state index < -0.39 is 10.9 Å². The van der Waals surface area contributed by atoms with Crippen molar-refractivity contribution in [2.45, 2.75) is 17.2 Å². The second-order valence-corrected chi connectivity index (χ2v) is 5.99. The maximum absolute atomic E-state index is 11.5. The lowest BCUT2D eigenvalue weighted by Crippen LogP contribution is -2.17. The molecule has 102 valence electrons. The van der Waals surface area contributed by atoms with Crippen molar-refractivity contribution in [3.63, 3.8) is 0 Å². The van der Waals surface area contributed by atoms with Crippen LogP contribution < -0.4 is 5.32 Å². The number of hydrogen-bond acceptors (Lipinski definition) is 6. The highest BCUT2D eigenvalue weighted by atomic mass is 79.9. The van der Waals surface area contributed by atoms with E-state index in [0.717, 1.165) is 12.8 Å². The zero-order valence-corrected chi connectivity index (χ0v) is 11.8. The standard InChI is InChI=1S/C11H12BrN3O4/c1-19-10(16)7-2-5-13-9(8(7)15(17)18)14-6-11(12)3-4-11/h2,5H,3-4,6H2,1H3,(H,13,14). The van der Waals surface area contributed by atoms with E-state index in [1.165, 1.54) is 19.4 Å². The van der Waals surface area contributed by atoms with Crippen molar-refractivity contribution in [3.05, 3.63) is 27.9 Å². The Balaban J connectivity index is 2.31. The Morgan fingerprint density at radius 3 is 2.89 bits per heavy atom. The lowest BCUT2D eigenvalue weighted by molar-refractivity contribution is -0.384. The van der Waals surface area contributed by atoms with Crippen LogP contribution >= 0.6 is 15.9 Å². The van der Waals surface area contributed by atoms with Gasteiger partial charge in [0.2, 0.25) is 5.82 Å². The first kappa shape index (κ1) is 13.7. The molecular formula is C11H12BrN3O4. The van der Waals surface area contributed by atoms with Crippen LogP contribution in [0, 0.1) is 10.1 Å². The molecular weight excluding hydrogens is 318 g/mol. The molecule has 0 atom stereocenters. The number of carbonyl (C=O) groups excluding carboxylic acids is 1. The van der Waals surface area contributed by atoms with E-state index in [1.807, 2.05) is 0 Å². The molecule has 0 amide bonds. The molecule has 0 saturated heterocycles. The average molecular weight is 330 g/mol. The van der Waals surface area contributed by atoms with Gasteiger partial charge in [0, 0.05) is 17.1 Å². The summed E-state index contributed by atoms with van der Waals surface area (Å²) in [5, 5.41) is 14.0. The largest absolute Gasteiger partial charge is 0.465 e. The first-order valence-corrected chi connectivity index (χ1v) is 6.41. The highest BCUT2D eigenvalue weighted by Gasteiger charge is 2.40. The number of methoxy groups -OCH3 is 1. The summed E-state index contributed by atoms with van der Waals surface area (Å²) in [6.07, 6.45) is 3.35. The molecule has 1 aliphatic rings. The number of ether oxygens (including phenoxy) is 1. The Morgan fingerprint density at radius 2 is 2.37 bits per heavy atom. The van der Waals surface area contributed by atoms with Gasteiger partial charge in [-0.2, -0.15) is 0 Å². The number of esters is 1. The van der Waals surface area contributed by atoms with E-state index in [0.29, 0.717) is 6.54 Å². The molecule has 1 heterocycles. The lowest BCUT2D eigenvalue weighted by atomic mass is 10.2. The average Bonchev–Trinajstić information content (AvgIpc) is 3.13. The van der Waals surface area contributed by atoms with Crippen LogP contribution in [0.4, 0.5) is 11.5 Å². The van der Waals surface area contributed by atoms with Crippen molar-refractivity contribution >= 4 is 33.4 Å². The van der Waals surface area contributed by atoms with E-state index in [2.05, 4.69) is 31.0 Å². The molecule has 19 heavy (non-hydrogen) atoms. The van der Waals surface area contributed by atoms with E-state index >= 15 is 0 Å². The van der Waals surface area contributed by atoms with Crippen LogP contribution in [0.5, 0.6) is 0 Å². The third-order valence-electron chi connectivity index (χ3n) is 2.88. The number of carbonyl (C=O) groups is 1. The fourth-order valence-corrected chi connectivity index (χ4v) is 1.94. The minimum atomic E-state index is -0.753. The summed E-state index contributed by atoms with van der Waals surface area (Å²) in [5.74, 6) is -0.671. The van der Waals surface area contributed by atoms with Gasteiger partial charge in [0.15, 0.2) is 0 Å². The van der Waals surface area contributed by atoms with Crippen molar-refractivity contribution in [2.75, 3.05) is 19.0 Å². The maximum Gasteiger partial charge on any atom is 0.345 e. The van der Waals surface area contributed by atoms with Gasteiger partial charge in [-0.05, 0) is 18.9 Å². The molecule has 2 rings (SSSR count). The molecule has 1 aromatic heterocycles. The predicted octanol–water partition coefficient (Wildman–Crippen LogP) is 2.12. The van der Waals surface area contributed by atoms with Crippen LogP contribution in [-0.2, 0) is 4.74 Å². The molecule has 1 saturated carbocycles. The number of halogens is 1. The monoisotopic (exact) mass is 329 g/mol. The Bertz CT molecular complexity index is 531. The van der Waals surface area contributed by atoms with Crippen molar-refractivity contribution in [3.8, 4) is 0 Å². The molecule has 0 aliphatic heterocycles. The number of pyridine rings is 1. The quantitative estimate of drug-likeness (QED) is 0.385. The van der Waals surface area contributed by atoms with E-state index in [4.69, 9.17) is 0 Å². The van der Waals surface area contributed by atoms with Crippen LogP contribution in [-0.4, -0.2) is 33.9 Å². The third-order valence-corrected chi connectivity index (χ3v) is 3.95. The normalized spacial score (nSPS) is 15.7. The molecule has 1 fully saturated rings. The van der Waals surface area contributed by atoms with Crippen LogP contribution in [0.25, 0.3) is 0 Å². The van der Waals surface area contributed by atoms with Gasteiger partial charge in [-0.1, -0.05) is 15.9 Å². The molecule has 0 unspecified atom stereocenters. The summed E-state index contributed by atoms with van der Waals surface area (Å²) in [7, 11) is 1.18. The fourth-order valence-electron chi connectivity index (χ4n) is 1.60. The van der Waals surface area contributed by atoms with E-state index in [9.17, 15) is 14.9 Å². The van der Waals surface area contributed by atoms with Gasteiger partial charge in [0.05, 0.1) is 12.0 Å². The number of nitro groups is 1. The summed E-state index contributed by atoms with van der Waals surface area (Å²) < 4.78 is 4.52. The predicted molar refractivity (Wildman–Crippen MR) is 71.6 cm³/mol. The van der Waals surface area contributed by atoms with Crippen LogP contribution in [0.3, 0.4) is 0 Å². The Hall–Kier alpha value is -1.70. The molecule has 1 aromatic rings. The summed E-state index contributed by atoms with van der Waals surface area (Å²) in [6.45, 7) is 0.519. The van der Waals surface area contributed by atoms with Gasteiger partial charge < -0.3 is 10.1 Å². The summed E-state index contributed by atoms with van der Waals surface area (Å²) in [5.41, 5.74) is -0.462. The first-order valence-electron chi connectivity index (χ1n) is 5.61. The van der Waals surface area contributed by atoms with Crippen molar-refractivity contribution in [1.82, 2.24) is 4.98 Å². The zero-order chi connectivity index (χ0) is 14.0. The Kier molecular flexibility index (Phi) is 3.70. The molecule has 7 nitrogen and oxygen atoms in total. The van der Waals surface area contributed by atoms with Crippen molar-refractivity contribution in [2.24, 2.45) is 0 Å². The molecule has 0 aromatic carbocycles. The topological polar surface area (TPSA) is 94.4 Å². The van der Waals surface area contributed by atoms with Gasteiger partial charge in [0.1, 0.15) is 5.56 Å². The molecule has 0 spiro atoms. The smallest absolute Gasteiger partial charge is 0.345 e. The number of nitrogens with zero attached hydrogens (tertiary/aromatic N) is 2. The maximum atomic E-state index is 11.5. The van der Waals surface area contributed by atoms with Crippen LogP contribution in [0.15, 0.2) is 12.3 Å². The van der Waals surface area contributed by atoms with Gasteiger partial charge >= 0.3 is 11.7 Å². The van der Waals surface area contributed by atoms with Crippen molar-refractivity contribution in [1.29, 1.82) is 0 Å². The Morgan fingerprint density at radius 1 is 1.68 bits per heavy atom. The third kappa shape index (κ3) is 3.01. The van der Waals surface area contributed by atoms with Crippen molar-refractivity contribution < 1.29 is 14.5 Å². The van der Waals surface area contributed by atoms with Gasteiger partial charge in [-0.3, -0.25) is 10.1 Å². The number of rotatable bonds is 5. The molecule has 0 bridgehead atoms. The second kappa shape index (κ2) is 5.12. The Labute approximate surface area is 117 Å². The second-order valence-electron chi connectivity index (χ2n) is 4.31. The SMILES string of the molecule is COC(=O)c1ccnc(NCC2(Br)CC2)c1[N+](=O)[O-]. The number of hydrogen-bond donors (Lipinski definition) is 1. The molecule has 1 N–H and O–H groups in total. The molecule has 8 heteroatoms. The highest BCUT2D eigenvalue weighted by molar-refractivity contribution is 9.10. The number of aromatic nitrogens is 1. The van der Waals surface area contributed by atoms with Crippen LogP contribution in [0.2, 0.25) is 0 Å². The van der Waals surface area contributed by atoms with E-state index in [-0.39, 0.29) is 21.4 Å². The van der Waals surface area contributed by atoms with Gasteiger partial charge in [0.25, 0.3) is 0 Å². The number of anilines is 1. The lowest BCUT2D eigenvalue weighted by Gasteiger charge is -2.10. The van der Waals surface area contributed by atoms with Crippen LogP contribution in [0.1, 0.15) is 23.2 Å². The minimum Gasteiger partial charge on any atom is -0.465 e. The zero-order valence-electron chi connectivity index (χ0n) is 10.2. The number of alkyl halides is 1. The summed E-state index contributed by atoms with van der Waals surface area (Å²) in [6, 6.07) is 1.27. The highest BCUT2D eigenvalue weighted by Crippen LogP contribution is 2.44. The summed E-state index contributed by atoms with van der Waals surface area (Å²) in [4.78, 5) is 25.9.